The molecule has 0 aromatic rings. The van der Waals surface area contributed by atoms with Gasteiger partial charge in [-0.05, 0) is 0 Å². The number of nitrogens with zero attached hydrogens (tertiary/aromatic N) is 1. The minimum Gasteiger partial charge on any atom is -1.00 e. The molecule has 0 saturated carbocycles. The third kappa shape index (κ3) is 10.7. The minimum atomic E-state index is -4.36. The molecule has 0 radical (unpaired) electrons. The molecule has 0 bridgehead atoms. The number of hydrogen-bond donors (Lipinski definition) is 1. The summed E-state index contributed by atoms with van der Waals surface area (Å²) in [5.74, 6) is 0. The molecule has 7 heavy (non-hydrogen) atoms. The molecule has 0 unspecified atom stereocenters. The zero-order valence-corrected chi connectivity index (χ0v) is 6.44. The molecule has 1 N–H and O–H groups in total. The predicted octanol–water partition coefficient (Wildman–Crippen LogP) is -3.53. The van der Waals surface area contributed by atoms with E-state index in [1.54, 1.807) is 0 Å². The first kappa shape index (κ1) is 10.4. The van der Waals surface area contributed by atoms with Crippen molar-refractivity contribution in [2.45, 2.75) is 0 Å². The topological polar surface area (TPSA) is 78.2 Å². The van der Waals surface area contributed by atoms with Crippen LogP contribution in [-0.2, 0) is 10.1 Å². The summed E-state index contributed by atoms with van der Waals surface area (Å²) in [6.45, 7) is 0. The van der Waals surface area contributed by atoms with Crippen LogP contribution in [0.4, 0.5) is 0 Å². The summed E-state index contributed by atoms with van der Waals surface area (Å²) in [4.78, 5) is 0. The Balaban J connectivity index is -0.000000125. The molecule has 0 aromatic carbocycles. The summed E-state index contributed by atoms with van der Waals surface area (Å²) in [6, 6.07) is 0. The van der Waals surface area contributed by atoms with Crippen LogP contribution < -0.4 is 29.6 Å². The van der Waals surface area contributed by atoms with Crippen molar-refractivity contribution in [3.8, 4) is 5.40 Å². The van der Waals surface area contributed by atoms with Gasteiger partial charge in [-0.2, -0.15) is 13.7 Å². The van der Waals surface area contributed by atoms with E-state index >= 15 is 0 Å². The van der Waals surface area contributed by atoms with Gasteiger partial charge in [0.25, 0.3) is 0 Å². The molecule has 4 nitrogen and oxygen atoms in total. The van der Waals surface area contributed by atoms with Gasteiger partial charge in [0, 0.05) is 0 Å². The first-order valence-corrected chi connectivity index (χ1v) is 2.38. The Kier molecular flexibility index (Phi) is 5.06. The van der Waals surface area contributed by atoms with Gasteiger partial charge >= 0.3 is 39.7 Å². The monoisotopic (exact) mass is 131 g/mol. The van der Waals surface area contributed by atoms with Crippen LogP contribution in [0.1, 0.15) is 1.43 Å². The molecule has 0 atom stereocenters. The molecule has 0 heterocycles. The molecule has 0 spiro atoms. The average Bonchev–Trinajstić information content (AvgIpc) is 1.35. The van der Waals surface area contributed by atoms with Crippen LogP contribution in [0.5, 0.6) is 0 Å². The average molecular weight is 131 g/mol. The van der Waals surface area contributed by atoms with Crippen LogP contribution in [0.3, 0.4) is 0 Å². The van der Waals surface area contributed by atoms with Gasteiger partial charge in [0.05, 0.1) is 0 Å². The number of nitriles is 1. The first-order valence-electron chi connectivity index (χ1n) is 0.944. The van der Waals surface area contributed by atoms with E-state index in [1.807, 2.05) is 0 Å². The van der Waals surface area contributed by atoms with Crippen molar-refractivity contribution in [3.63, 3.8) is 0 Å². The largest absolute Gasteiger partial charge is 1.00 e. The molecule has 0 aliphatic carbocycles. The molecule has 0 fully saturated rings. The summed E-state index contributed by atoms with van der Waals surface area (Å²) in [5, 5.41) is 7.95. The number of thiocyanates is 1. The van der Waals surface area contributed by atoms with Gasteiger partial charge in [0.15, 0.2) is 0 Å². The maximum absolute atomic E-state index is 9.19. The van der Waals surface area contributed by atoms with E-state index in [-0.39, 0.29) is 31.0 Å². The summed E-state index contributed by atoms with van der Waals surface area (Å²) in [5.41, 5.74) is 0. The number of hydrogen-bond acceptors (Lipinski definition) is 3. The molecule has 0 aliphatic rings. The summed E-state index contributed by atoms with van der Waals surface area (Å²) in [6.07, 6.45) is 0. The van der Waals surface area contributed by atoms with E-state index < -0.39 is 10.1 Å². The Morgan fingerprint density at radius 2 is 1.86 bits per heavy atom. The van der Waals surface area contributed by atoms with Crippen molar-refractivity contribution in [1.82, 2.24) is 0 Å². The second-order valence-corrected chi connectivity index (χ2v) is 1.70. The molecule has 0 aromatic heterocycles. The summed E-state index contributed by atoms with van der Waals surface area (Å²) in [7, 11) is -4.36. The Labute approximate surface area is 64.7 Å². The van der Waals surface area contributed by atoms with Crippen LogP contribution in [0.15, 0.2) is 0 Å². The van der Waals surface area contributed by atoms with Crippen LogP contribution >= 0.6 is 0 Å². The molecule has 0 aliphatic heterocycles. The van der Waals surface area contributed by atoms with Gasteiger partial charge in [0.2, 0.25) is 5.40 Å². The van der Waals surface area contributed by atoms with Crippen molar-refractivity contribution < 1.29 is 44.0 Å². The Morgan fingerprint density at radius 3 is 1.86 bits per heavy atom. The maximum atomic E-state index is 9.19. The fourth-order valence-corrected chi connectivity index (χ4v) is 0. The van der Waals surface area contributed by atoms with Crippen molar-refractivity contribution in [2.24, 2.45) is 0 Å². The van der Waals surface area contributed by atoms with E-state index in [9.17, 15) is 8.42 Å². The van der Waals surface area contributed by atoms with E-state index in [1.165, 1.54) is 0 Å². The third-order valence-corrected chi connectivity index (χ3v) is 0.346. The zero-order valence-electron chi connectivity index (χ0n) is 4.62. The molecule has 0 amide bonds. The van der Waals surface area contributed by atoms with Crippen LogP contribution in [-0.4, -0.2) is 13.0 Å². The zero-order chi connectivity index (χ0) is 5.21. The van der Waals surface area contributed by atoms with Gasteiger partial charge in [-0.3, -0.25) is 4.55 Å². The van der Waals surface area contributed by atoms with Crippen molar-refractivity contribution >= 4 is 10.1 Å². The molecular formula is CH2NNaO3S. The summed E-state index contributed by atoms with van der Waals surface area (Å²) < 4.78 is 25.8. The Bertz CT molecular complexity index is 168. The molecule has 0 saturated heterocycles. The fraction of sp³-hybridized carbons (Fsp3) is 0. The van der Waals surface area contributed by atoms with Crippen molar-refractivity contribution in [3.05, 3.63) is 0 Å². The van der Waals surface area contributed by atoms with E-state index in [2.05, 4.69) is 0 Å². The normalized spacial score (nSPS) is 8.57. The van der Waals surface area contributed by atoms with Crippen molar-refractivity contribution in [1.29, 1.82) is 5.26 Å². The molecular weight excluding hydrogens is 129 g/mol. The maximum Gasteiger partial charge on any atom is 1.00 e. The van der Waals surface area contributed by atoms with Crippen LogP contribution in [0.25, 0.3) is 0 Å². The smallest absolute Gasteiger partial charge is 1.00 e. The van der Waals surface area contributed by atoms with E-state index in [0.717, 1.165) is 0 Å². The summed E-state index contributed by atoms with van der Waals surface area (Å²) >= 11 is 0. The van der Waals surface area contributed by atoms with Crippen LogP contribution in [0, 0.1) is 10.7 Å². The van der Waals surface area contributed by atoms with E-state index in [0.29, 0.717) is 5.40 Å². The van der Waals surface area contributed by atoms with E-state index in [4.69, 9.17) is 9.81 Å². The third-order valence-electron chi connectivity index (χ3n) is 0.115. The SMILES string of the molecule is N#CS(=O)(=O)O.[H-].[Na+]. The van der Waals surface area contributed by atoms with Gasteiger partial charge < -0.3 is 1.43 Å². The predicted molar refractivity (Wildman–Crippen MR) is 18.3 cm³/mol. The van der Waals surface area contributed by atoms with Gasteiger partial charge in [0.1, 0.15) is 0 Å². The van der Waals surface area contributed by atoms with Gasteiger partial charge in [-0.15, -0.1) is 0 Å². The quantitative estimate of drug-likeness (QED) is 0.160. The second kappa shape index (κ2) is 3.41. The molecule has 36 valence electrons. The van der Waals surface area contributed by atoms with Crippen molar-refractivity contribution in [2.75, 3.05) is 0 Å². The molecule has 6 heteroatoms. The first-order chi connectivity index (χ1) is 2.56. The van der Waals surface area contributed by atoms with Crippen LogP contribution in [0.2, 0.25) is 0 Å². The van der Waals surface area contributed by atoms with Gasteiger partial charge in [-0.25, -0.2) is 0 Å². The Hall–Kier alpha value is 0.400. The van der Waals surface area contributed by atoms with Gasteiger partial charge in [-0.1, -0.05) is 0 Å². The Morgan fingerprint density at radius 1 is 1.71 bits per heavy atom. The molecule has 0 rings (SSSR count). The second-order valence-electron chi connectivity index (χ2n) is 0.566. The number of rotatable bonds is 0. The fourth-order valence-electron chi connectivity index (χ4n) is 0. The minimum absolute atomic E-state index is 0. The standard InChI is InChI=1S/CHNO3S.Na.H/c2-1-6(3,4)5;;/h(H,3,4,5);;/q;+1;-1.